The molecule has 0 aromatic heterocycles. The van der Waals surface area contributed by atoms with Crippen molar-refractivity contribution in [1.82, 2.24) is 20.0 Å². The van der Waals surface area contributed by atoms with Gasteiger partial charge in [0.15, 0.2) is 6.29 Å². The molecule has 3 N–H and O–H groups in total. The predicted octanol–water partition coefficient (Wildman–Crippen LogP) is 5.09. The summed E-state index contributed by atoms with van der Waals surface area (Å²) in [4.78, 5) is 39.4. The van der Waals surface area contributed by atoms with Crippen molar-refractivity contribution in [3.05, 3.63) is 58.7 Å². The number of nitrogens with one attached hydrogen (secondary N) is 1. The summed E-state index contributed by atoms with van der Waals surface area (Å²) in [5, 5.41) is 22.2. The van der Waals surface area contributed by atoms with Crippen LogP contribution in [0, 0.1) is 13.8 Å². The largest absolute Gasteiger partial charge is 0.508 e. The highest BCUT2D eigenvalue weighted by Gasteiger charge is 2.26. The summed E-state index contributed by atoms with van der Waals surface area (Å²) in [6.07, 6.45) is 0.189. The van der Waals surface area contributed by atoms with Gasteiger partial charge in [-0.3, -0.25) is 9.69 Å². The second-order valence-electron chi connectivity index (χ2n) is 13.3. The molecule has 0 saturated carbocycles. The Morgan fingerprint density at radius 1 is 0.756 bits per heavy atom. The fourth-order valence-electron chi connectivity index (χ4n) is 4.39. The van der Waals surface area contributed by atoms with Crippen LogP contribution < -0.4 is 5.32 Å². The lowest BCUT2D eigenvalue weighted by molar-refractivity contribution is 0.0137. The number of aldehydes is 1. The zero-order chi connectivity index (χ0) is 33.8. The third-order valence-corrected chi connectivity index (χ3v) is 6.74. The maximum Gasteiger partial charge on any atom is 0.410 e. The average molecular weight is 629 g/mol. The molecule has 2 fully saturated rings. The van der Waals surface area contributed by atoms with E-state index in [0.717, 1.165) is 56.0 Å². The molecule has 2 heterocycles. The summed E-state index contributed by atoms with van der Waals surface area (Å²) in [5.74, 6) is 0.393. The van der Waals surface area contributed by atoms with Gasteiger partial charge in [0.25, 0.3) is 0 Å². The third kappa shape index (κ3) is 14.2. The van der Waals surface area contributed by atoms with E-state index in [1.165, 1.54) is 0 Å². The van der Waals surface area contributed by atoms with Crippen LogP contribution in [-0.4, -0.2) is 107 Å². The van der Waals surface area contributed by atoms with E-state index in [0.29, 0.717) is 37.2 Å². The number of phenolic OH excluding ortho intramolecular Hbond substituents is 2. The minimum Gasteiger partial charge on any atom is -0.508 e. The van der Waals surface area contributed by atoms with Crippen LogP contribution in [0.1, 0.15) is 68.6 Å². The van der Waals surface area contributed by atoms with E-state index in [9.17, 15) is 19.5 Å². The van der Waals surface area contributed by atoms with Crippen molar-refractivity contribution in [1.29, 1.82) is 0 Å². The maximum atomic E-state index is 12.0. The fraction of sp³-hybridized carbons (Fsp3) is 0.559. The summed E-state index contributed by atoms with van der Waals surface area (Å²) >= 11 is 0. The highest BCUT2D eigenvalue weighted by atomic mass is 16.6. The number of hydrogen-bond acceptors (Lipinski definition) is 9. The molecule has 0 radical (unpaired) electrons. The van der Waals surface area contributed by atoms with Crippen LogP contribution >= 0.6 is 0 Å². The van der Waals surface area contributed by atoms with Crippen LogP contribution in [-0.2, 0) is 16.0 Å². The Kier molecular flexibility index (Phi) is 14.1. The lowest BCUT2D eigenvalue weighted by Gasteiger charge is -2.35. The standard InChI is InChI=1S/C17H26N2O3.C9H18N2O2.C8H8O2/c1-13-5-6-14(15(20)11-13)12-18-7-9-19(10-8-18)16(21)22-17(2,3)4;1-9(2,3)13-8(12)11-6-4-10-5-7-11;1-6-2-3-7(5-9)8(10)4-6/h5-6,11,20H,7-10,12H2,1-4H3;10H,4-7H2,1-3H3;2-5,10H,1H3. The van der Waals surface area contributed by atoms with E-state index in [1.807, 2.05) is 67.5 Å². The van der Waals surface area contributed by atoms with Gasteiger partial charge >= 0.3 is 12.2 Å². The number of benzene rings is 2. The monoisotopic (exact) mass is 628 g/mol. The molecule has 11 nitrogen and oxygen atoms in total. The number of ether oxygens (including phenoxy) is 2. The molecule has 0 bridgehead atoms. The van der Waals surface area contributed by atoms with Crippen LogP contribution in [0.4, 0.5) is 9.59 Å². The van der Waals surface area contributed by atoms with Crippen molar-refractivity contribution < 1.29 is 34.1 Å². The summed E-state index contributed by atoms with van der Waals surface area (Å²) in [6.45, 7) is 21.9. The van der Waals surface area contributed by atoms with Gasteiger partial charge in [-0.1, -0.05) is 18.2 Å². The smallest absolute Gasteiger partial charge is 0.410 e. The molecular weight excluding hydrogens is 576 g/mol. The lowest BCUT2D eigenvalue weighted by Crippen LogP contribution is -2.49. The Balaban J connectivity index is 0.000000259. The number of piperazine rings is 2. The van der Waals surface area contributed by atoms with Crippen molar-refractivity contribution in [2.45, 2.75) is 73.1 Å². The van der Waals surface area contributed by atoms with Crippen molar-refractivity contribution >= 4 is 18.5 Å². The first-order valence-electron chi connectivity index (χ1n) is 15.4. The SMILES string of the molecule is CC(C)(C)OC(=O)N1CCNCC1.Cc1ccc(C=O)c(O)c1.Cc1ccc(CN2CCN(C(=O)OC(C)(C)C)CC2)c(O)c1. The van der Waals surface area contributed by atoms with Crippen molar-refractivity contribution in [2.75, 3.05) is 52.4 Å². The topological polar surface area (TPSA) is 132 Å². The van der Waals surface area contributed by atoms with Crippen LogP contribution in [0.5, 0.6) is 11.5 Å². The molecule has 0 atom stereocenters. The fourth-order valence-corrected chi connectivity index (χ4v) is 4.39. The molecule has 0 unspecified atom stereocenters. The van der Waals surface area contributed by atoms with Gasteiger partial charge in [0.2, 0.25) is 0 Å². The number of rotatable bonds is 3. The number of amides is 2. The van der Waals surface area contributed by atoms with Gasteiger partial charge in [0.05, 0.1) is 5.56 Å². The minimum absolute atomic E-state index is 0.0509. The van der Waals surface area contributed by atoms with Crippen molar-refractivity contribution in [2.24, 2.45) is 0 Å². The summed E-state index contributed by atoms with van der Waals surface area (Å²) in [7, 11) is 0. The molecule has 0 aliphatic carbocycles. The van der Waals surface area contributed by atoms with Gasteiger partial charge in [0.1, 0.15) is 22.7 Å². The highest BCUT2D eigenvalue weighted by Crippen LogP contribution is 2.21. The van der Waals surface area contributed by atoms with E-state index in [2.05, 4.69) is 10.2 Å². The van der Waals surface area contributed by atoms with Gasteiger partial charge in [-0.15, -0.1) is 0 Å². The molecule has 0 spiro atoms. The number of aromatic hydroxyl groups is 2. The number of aryl methyl sites for hydroxylation is 2. The Hall–Kier alpha value is -3.83. The van der Waals surface area contributed by atoms with E-state index < -0.39 is 5.60 Å². The average Bonchev–Trinajstić information content (AvgIpc) is 2.94. The van der Waals surface area contributed by atoms with E-state index in [-0.39, 0.29) is 23.5 Å². The van der Waals surface area contributed by atoms with Crippen molar-refractivity contribution in [3.8, 4) is 11.5 Å². The quantitative estimate of drug-likeness (QED) is 0.398. The molecule has 2 aromatic rings. The van der Waals surface area contributed by atoms with E-state index >= 15 is 0 Å². The summed E-state index contributed by atoms with van der Waals surface area (Å²) < 4.78 is 10.6. The van der Waals surface area contributed by atoms with Crippen LogP contribution in [0.3, 0.4) is 0 Å². The van der Waals surface area contributed by atoms with E-state index in [4.69, 9.17) is 14.6 Å². The lowest BCUT2D eigenvalue weighted by atomic mass is 10.1. The molecular formula is C34H52N4O7. The third-order valence-electron chi connectivity index (χ3n) is 6.74. The number of phenols is 2. The molecule has 2 aromatic carbocycles. The molecule has 2 saturated heterocycles. The Morgan fingerprint density at radius 2 is 1.22 bits per heavy atom. The van der Waals surface area contributed by atoms with Gasteiger partial charge in [-0.25, -0.2) is 9.59 Å². The van der Waals surface area contributed by atoms with Crippen LogP contribution in [0.2, 0.25) is 0 Å². The zero-order valence-corrected chi connectivity index (χ0v) is 28.2. The summed E-state index contributed by atoms with van der Waals surface area (Å²) in [5.41, 5.74) is 2.42. The second-order valence-corrected chi connectivity index (χ2v) is 13.3. The Labute approximate surface area is 268 Å². The molecule has 45 heavy (non-hydrogen) atoms. The van der Waals surface area contributed by atoms with Crippen LogP contribution in [0.25, 0.3) is 0 Å². The molecule has 4 rings (SSSR count). The molecule has 2 aliphatic heterocycles. The number of carbonyl (C=O) groups excluding carboxylic acids is 3. The highest BCUT2D eigenvalue weighted by molar-refractivity contribution is 5.79. The molecule has 250 valence electrons. The Morgan fingerprint density at radius 3 is 1.67 bits per heavy atom. The van der Waals surface area contributed by atoms with Gasteiger partial charge < -0.3 is 34.8 Å². The first-order valence-corrected chi connectivity index (χ1v) is 15.4. The first-order chi connectivity index (χ1) is 21.0. The normalized spacial score (nSPS) is 15.6. The van der Waals surface area contributed by atoms with Gasteiger partial charge in [-0.2, -0.15) is 0 Å². The van der Waals surface area contributed by atoms with Crippen molar-refractivity contribution in [3.63, 3.8) is 0 Å². The number of nitrogens with zero attached hydrogens (tertiary/aromatic N) is 3. The second kappa shape index (κ2) is 17.0. The molecule has 11 heteroatoms. The number of carbonyl (C=O) groups is 3. The van der Waals surface area contributed by atoms with Gasteiger partial charge in [-0.05, 0) is 84.7 Å². The predicted molar refractivity (Wildman–Crippen MR) is 175 cm³/mol. The van der Waals surface area contributed by atoms with E-state index in [1.54, 1.807) is 34.1 Å². The minimum atomic E-state index is -0.456. The summed E-state index contributed by atoms with van der Waals surface area (Å²) in [6, 6.07) is 10.7. The maximum absolute atomic E-state index is 12.0. The molecule has 2 amide bonds. The first kappa shape index (κ1) is 37.4. The zero-order valence-electron chi connectivity index (χ0n) is 28.2. The number of hydrogen-bond donors (Lipinski definition) is 3. The van der Waals surface area contributed by atoms with Crippen LogP contribution in [0.15, 0.2) is 36.4 Å². The van der Waals surface area contributed by atoms with Gasteiger partial charge in [0, 0.05) is 64.5 Å². The Bertz CT molecular complexity index is 1260. The molecule has 2 aliphatic rings.